The number of hydrogen-bond acceptors (Lipinski definition) is 7. The third kappa shape index (κ3) is 6.92. The molecular weight excluding hydrogens is 390 g/mol. The van der Waals surface area contributed by atoms with Gasteiger partial charge in [-0.3, -0.25) is 4.68 Å². The molecule has 0 spiro atoms. The highest BCUT2D eigenvalue weighted by Gasteiger charge is 2.16. The lowest BCUT2D eigenvalue weighted by Crippen LogP contribution is -2.23. The van der Waals surface area contributed by atoms with E-state index in [-0.39, 0.29) is 0 Å². The van der Waals surface area contributed by atoms with Crippen molar-refractivity contribution in [1.82, 2.24) is 34.7 Å². The summed E-state index contributed by atoms with van der Waals surface area (Å²) < 4.78 is 3.48. The van der Waals surface area contributed by atoms with Gasteiger partial charge in [0.05, 0.1) is 18.1 Å². The summed E-state index contributed by atoms with van der Waals surface area (Å²) >= 11 is 0. The number of nitrogens with zero attached hydrogens (tertiary/aromatic N) is 6. The van der Waals surface area contributed by atoms with Crippen LogP contribution in [-0.2, 0) is 7.05 Å². The molecule has 0 bridgehead atoms. The zero-order chi connectivity index (χ0) is 21.9. The first-order chi connectivity index (χ1) is 15.3. The van der Waals surface area contributed by atoms with E-state index in [4.69, 9.17) is 0 Å². The number of anilines is 3. The summed E-state index contributed by atoms with van der Waals surface area (Å²) in [5, 5.41) is 18.6. The molecule has 2 fully saturated rings. The number of fused-ring (bicyclic) bond motifs is 1. The second-order valence-corrected chi connectivity index (χ2v) is 7.83. The maximum Gasteiger partial charge on any atom is 0.247 e. The number of hydrogen-bond donors (Lipinski definition) is 3. The van der Waals surface area contributed by atoms with Crippen molar-refractivity contribution in [3.05, 3.63) is 24.9 Å². The van der Waals surface area contributed by atoms with Crippen LogP contribution in [0, 0.1) is 0 Å². The molecular formula is C22H37N9. The second-order valence-electron chi connectivity index (χ2n) is 7.83. The Balaban J connectivity index is 0.000000291. The molecule has 3 aromatic rings. The molecule has 1 saturated carbocycles. The number of imidazole rings is 1. The van der Waals surface area contributed by atoms with Crippen LogP contribution in [0.4, 0.5) is 17.5 Å². The van der Waals surface area contributed by atoms with Crippen LogP contribution < -0.4 is 16.0 Å². The summed E-state index contributed by atoms with van der Waals surface area (Å²) in [6, 6.07) is 0.476. The molecule has 0 unspecified atom stereocenters. The molecule has 3 aromatic heterocycles. The fourth-order valence-corrected chi connectivity index (χ4v) is 3.84. The van der Waals surface area contributed by atoms with Gasteiger partial charge in [0.25, 0.3) is 0 Å². The third-order valence-corrected chi connectivity index (χ3v) is 5.40. The lowest BCUT2D eigenvalue weighted by molar-refractivity contribution is 0.462. The molecule has 4 heterocycles. The van der Waals surface area contributed by atoms with Crippen molar-refractivity contribution in [1.29, 1.82) is 0 Å². The van der Waals surface area contributed by atoms with E-state index in [1.165, 1.54) is 64.5 Å². The van der Waals surface area contributed by atoms with Crippen molar-refractivity contribution in [2.24, 2.45) is 7.05 Å². The van der Waals surface area contributed by atoms with Crippen LogP contribution in [0.15, 0.2) is 24.9 Å². The number of piperidine rings is 1. The van der Waals surface area contributed by atoms with Gasteiger partial charge in [0.1, 0.15) is 11.8 Å². The van der Waals surface area contributed by atoms with Crippen LogP contribution in [0.2, 0.25) is 0 Å². The first kappa shape index (κ1) is 23.0. The topological polar surface area (TPSA) is 97.0 Å². The van der Waals surface area contributed by atoms with Gasteiger partial charge < -0.3 is 16.0 Å². The number of nitrogens with one attached hydrogen (secondary N) is 3. The Kier molecular flexibility index (Phi) is 9.08. The van der Waals surface area contributed by atoms with Gasteiger partial charge in [-0.1, -0.05) is 39.5 Å². The first-order valence-electron chi connectivity index (χ1n) is 11.7. The van der Waals surface area contributed by atoms with Crippen molar-refractivity contribution in [3.8, 4) is 0 Å². The Morgan fingerprint density at radius 1 is 1.00 bits per heavy atom. The number of aromatic nitrogens is 6. The van der Waals surface area contributed by atoms with Crippen LogP contribution in [0.5, 0.6) is 0 Å². The molecule has 5 rings (SSSR count). The van der Waals surface area contributed by atoms with Gasteiger partial charge in [-0.25, -0.2) is 9.50 Å². The van der Waals surface area contributed by atoms with Gasteiger partial charge in [0.2, 0.25) is 5.95 Å². The standard InChI is InChI=1S/C15H20N8.C5H11N.C2H6/c1-22-9-12(7-17-22)19-15-20-14(13-8-16-10-23(13)21-15)18-11-5-3-2-4-6-11;1-2-4-6-5-3-1;1-2/h7-11H,2-6H2,1H3,(H2,18,19,20,21);6H,1-5H2;1-2H3. The largest absolute Gasteiger partial charge is 0.365 e. The summed E-state index contributed by atoms with van der Waals surface area (Å²) in [6.07, 6.45) is 17.6. The van der Waals surface area contributed by atoms with E-state index in [2.05, 4.69) is 36.1 Å². The maximum absolute atomic E-state index is 4.64. The minimum atomic E-state index is 0.476. The fraction of sp³-hybridized carbons (Fsp3) is 0.636. The summed E-state index contributed by atoms with van der Waals surface area (Å²) in [5.41, 5.74) is 1.75. The minimum Gasteiger partial charge on any atom is -0.365 e. The minimum absolute atomic E-state index is 0.476. The Labute approximate surface area is 185 Å². The predicted molar refractivity (Wildman–Crippen MR) is 126 cm³/mol. The molecule has 0 aromatic carbocycles. The Morgan fingerprint density at radius 2 is 1.74 bits per heavy atom. The first-order valence-corrected chi connectivity index (χ1v) is 11.7. The molecule has 0 radical (unpaired) electrons. The van der Waals surface area contributed by atoms with E-state index in [1.807, 2.05) is 27.1 Å². The SMILES string of the molecule is C1CCNCC1.CC.Cn1cc(Nc2nc(NC3CCCCC3)c3cncn3n2)cn1. The highest BCUT2D eigenvalue weighted by molar-refractivity contribution is 5.68. The summed E-state index contributed by atoms with van der Waals surface area (Å²) in [6.45, 7) is 6.50. The number of rotatable bonds is 4. The molecule has 3 N–H and O–H groups in total. The zero-order valence-electron chi connectivity index (χ0n) is 19.1. The van der Waals surface area contributed by atoms with Crippen molar-refractivity contribution in [3.63, 3.8) is 0 Å². The molecule has 0 amide bonds. The Hall–Kier alpha value is -2.68. The van der Waals surface area contributed by atoms with Crippen molar-refractivity contribution < 1.29 is 0 Å². The lowest BCUT2D eigenvalue weighted by Gasteiger charge is -2.23. The third-order valence-electron chi connectivity index (χ3n) is 5.40. The van der Waals surface area contributed by atoms with E-state index in [0.29, 0.717) is 12.0 Å². The normalized spacial score (nSPS) is 16.6. The van der Waals surface area contributed by atoms with Crippen molar-refractivity contribution in [2.75, 3.05) is 23.7 Å². The van der Waals surface area contributed by atoms with Crippen LogP contribution in [0.3, 0.4) is 0 Å². The van der Waals surface area contributed by atoms with Crippen LogP contribution in [0.25, 0.3) is 5.52 Å². The average molecular weight is 428 g/mol. The van der Waals surface area contributed by atoms with Crippen LogP contribution in [0.1, 0.15) is 65.2 Å². The van der Waals surface area contributed by atoms with E-state index in [9.17, 15) is 0 Å². The van der Waals surface area contributed by atoms with Crippen molar-refractivity contribution >= 4 is 23.0 Å². The molecule has 9 heteroatoms. The Morgan fingerprint density at radius 3 is 2.35 bits per heavy atom. The molecule has 0 atom stereocenters. The van der Waals surface area contributed by atoms with Gasteiger partial charge in [0, 0.05) is 19.3 Å². The maximum atomic E-state index is 4.64. The van der Waals surface area contributed by atoms with Gasteiger partial charge in [-0.15, -0.1) is 5.10 Å². The number of aryl methyl sites for hydroxylation is 1. The fourth-order valence-electron chi connectivity index (χ4n) is 3.84. The van der Waals surface area contributed by atoms with Gasteiger partial charge in [0.15, 0.2) is 5.82 Å². The van der Waals surface area contributed by atoms with Gasteiger partial charge in [-0.2, -0.15) is 10.1 Å². The molecule has 1 aliphatic carbocycles. The smallest absolute Gasteiger partial charge is 0.247 e. The quantitative estimate of drug-likeness (QED) is 0.576. The van der Waals surface area contributed by atoms with E-state index in [0.717, 1.165) is 17.0 Å². The molecule has 31 heavy (non-hydrogen) atoms. The van der Waals surface area contributed by atoms with Crippen LogP contribution >= 0.6 is 0 Å². The molecule has 9 nitrogen and oxygen atoms in total. The Bertz CT molecular complexity index is 880. The van der Waals surface area contributed by atoms with E-state index >= 15 is 0 Å². The highest BCUT2D eigenvalue weighted by Crippen LogP contribution is 2.24. The van der Waals surface area contributed by atoms with Gasteiger partial charge in [-0.05, 0) is 38.8 Å². The molecule has 1 aliphatic heterocycles. The summed E-state index contributed by atoms with van der Waals surface area (Å²) in [5.74, 6) is 1.36. The summed E-state index contributed by atoms with van der Waals surface area (Å²) in [4.78, 5) is 8.82. The monoisotopic (exact) mass is 427 g/mol. The van der Waals surface area contributed by atoms with E-state index in [1.54, 1.807) is 27.9 Å². The lowest BCUT2D eigenvalue weighted by atomic mass is 9.95. The molecule has 1 saturated heterocycles. The van der Waals surface area contributed by atoms with E-state index < -0.39 is 0 Å². The predicted octanol–water partition coefficient (Wildman–Crippen LogP) is 4.13. The molecule has 170 valence electrons. The zero-order valence-corrected chi connectivity index (χ0v) is 19.1. The second kappa shape index (κ2) is 12.2. The van der Waals surface area contributed by atoms with Crippen LogP contribution in [-0.4, -0.2) is 48.5 Å². The van der Waals surface area contributed by atoms with Gasteiger partial charge >= 0.3 is 0 Å². The summed E-state index contributed by atoms with van der Waals surface area (Å²) in [7, 11) is 1.88. The molecule has 2 aliphatic rings. The average Bonchev–Trinajstić information content (AvgIpc) is 3.46. The van der Waals surface area contributed by atoms with Crippen molar-refractivity contribution in [2.45, 2.75) is 71.3 Å². The highest BCUT2D eigenvalue weighted by atomic mass is 15.3.